The third-order valence-electron chi connectivity index (χ3n) is 4.87. The van der Waals surface area contributed by atoms with Crippen LogP contribution in [0.1, 0.15) is 53.6 Å². The van der Waals surface area contributed by atoms with Gasteiger partial charge < -0.3 is 9.39 Å². The van der Waals surface area contributed by atoms with E-state index in [1.54, 1.807) is 0 Å². The van der Waals surface area contributed by atoms with Gasteiger partial charge in [-0.1, -0.05) is 22.8 Å². The van der Waals surface area contributed by atoms with Gasteiger partial charge in [0.05, 0.1) is 29.0 Å². The van der Waals surface area contributed by atoms with E-state index >= 15 is 0 Å². The third-order valence-corrected chi connectivity index (χ3v) is 5.82. The first kappa shape index (κ1) is 21.3. The van der Waals surface area contributed by atoms with Crippen LogP contribution in [0.5, 0.6) is 0 Å². The molecule has 1 N–H and O–H groups in total. The normalized spacial score (nSPS) is 20.7. The van der Waals surface area contributed by atoms with Crippen LogP contribution in [0.15, 0.2) is 17.3 Å². The zero-order chi connectivity index (χ0) is 21.1. The van der Waals surface area contributed by atoms with Crippen molar-refractivity contribution in [2.45, 2.75) is 44.0 Å². The van der Waals surface area contributed by atoms with E-state index in [1.807, 2.05) is 6.07 Å². The standard InChI is InChI=1S/C19H17ClN2O6S/c20-18-12(19(25)17-14(23)2-1-3-15(17)24)5-4-10(9-29(26)27)16(18)13-8-11(6-7-21)28-22-13/h4-5,11,17H,1-3,6,8-9H2,(H,26,27). The Morgan fingerprint density at radius 2 is 2.03 bits per heavy atom. The van der Waals surface area contributed by atoms with E-state index in [0.717, 1.165) is 0 Å². The molecule has 2 atom stereocenters. The Morgan fingerprint density at radius 1 is 1.34 bits per heavy atom. The van der Waals surface area contributed by atoms with Crippen molar-refractivity contribution < 1.29 is 28.0 Å². The summed E-state index contributed by atoms with van der Waals surface area (Å²) in [6.45, 7) is 0. The molecular formula is C19H17ClN2O6S. The molecule has 8 nitrogen and oxygen atoms in total. The zero-order valence-electron chi connectivity index (χ0n) is 15.2. The van der Waals surface area contributed by atoms with E-state index in [2.05, 4.69) is 5.16 Å². The fraction of sp³-hybridized carbons (Fsp3) is 0.421. The largest absolute Gasteiger partial charge is 0.391 e. The van der Waals surface area contributed by atoms with Crippen molar-refractivity contribution in [2.24, 2.45) is 11.1 Å². The van der Waals surface area contributed by atoms with Crippen LogP contribution in [-0.2, 0) is 31.3 Å². The predicted molar refractivity (Wildman–Crippen MR) is 104 cm³/mol. The van der Waals surface area contributed by atoms with Crippen LogP contribution in [0.4, 0.5) is 0 Å². The summed E-state index contributed by atoms with van der Waals surface area (Å²) < 4.78 is 20.7. The van der Waals surface area contributed by atoms with Crippen molar-refractivity contribution in [3.8, 4) is 6.07 Å². The van der Waals surface area contributed by atoms with Gasteiger partial charge >= 0.3 is 0 Å². The number of halogens is 1. The molecule has 0 amide bonds. The summed E-state index contributed by atoms with van der Waals surface area (Å²) in [6.07, 6.45) is 0.581. The van der Waals surface area contributed by atoms with Gasteiger partial charge in [0.25, 0.3) is 0 Å². The Morgan fingerprint density at radius 3 is 2.66 bits per heavy atom. The Hall–Kier alpha value is -2.41. The molecule has 1 aromatic rings. The van der Waals surface area contributed by atoms with Crippen LogP contribution in [0.3, 0.4) is 0 Å². The van der Waals surface area contributed by atoms with Gasteiger partial charge in [-0.3, -0.25) is 14.4 Å². The molecule has 2 unspecified atom stereocenters. The number of nitriles is 1. The molecule has 1 aromatic carbocycles. The maximum Gasteiger partial charge on any atom is 0.182 e. The van der Waals surface area contributed by atoms with Gasteiger partial charge in [-0.15, -0.1) is 0 Å². The molecule has 152 valence electrons. The van der Waals surface area contributed by atoms with Crippen molar-refractivity contribution in [3.63, 3.8) is 0 Å². The van der Waals surface area contributed by atoms with Gasteiger partial charge in [0.1, 0.15) is 12.0 Å². The van der Waals surface area contributed by atoms with Crippen LogP contribution in [0.25, 0.3) is 0 Å². The molecular weight excluding hydrogens is 420 g/mol. The maximum atomic E-state index is 13.0. The van der Waals surface area contributed by atoms with E-state index in [-0.39, 0.29) is 47.6 Å². The Balaban J connectivity index is 2.03. The highest BCUT2D eigenvalue weighted by atomic mass is 35.5. The molecule has 3 rings (SSSR count). The number of nitrogens with zero attached hydrogens (tertiary/aromatic N) is 2. The van der Waals surface area contributed by atoms with Crippen molar-refractivity contribution in [1.82, 2.24) is 0 Å². The van der Waals surface area contributed by atoms with Gasteiger partial charge in [0.2, 0.25) is 0 Å². The highest BCUT2D eigenvalue weighted by molar-refractivity contribution is 7.78. The number of carbonyl (C=O) groups is 3. The molecule has 1 heterocycles. The zero-order valence-corrected chi connectivity index (χ0v) is 16.8. The minimum Gasteiger partial charge on any atom is -0.391 e. The second-order valence-corrected chi connectivity index (χ2v) is 8.15. The minimum absolute atomic E-state index is 0.0193. The average Bonchev–Trinajstić information content (AvgIpc) is 3.09. The average molecular weight is 437 g/mol. The fourth-order valence-electron chi connectivity index (χ4n) is 3.51. The lowest BCUT2D eigenvalue weighted by Gasteiger charge is -2.20. The molecule has 1 saturated carbocycles. The highest BCUT2D eigenvalue weighted by Crippen LogP contribution is 2.33. The van der Waals surface area contributed by atoms with Crippen molar-refractivity contribution in [3.05, 3.63) is 33.8 Å². The maximum absolute atomic E-state index is 13.0. The van der Waals surface area contributed by atoms with Crippen molar-refractivity contribution >= 4 is 45.7 Å². The van der Waals surface area contributed by atoms with Crippen LogP contribution >= 0.6 is 11.6 Å². The van der Waals surface area contributed by atoms with Crippen LogP contribution < -0.4 is 0 Å². The summed E-state index contributed by atoms with van der Waals surface area (Å²) in [7, 11) is 0. The predicted octanol–water partition coefficient (Wildman–Crippen LogP) is 2.59. The summed E-state index contributed by atoms with van der Waals surface area (Å²) in [5.41, 5.74) is 0.950. The first-order valence-electron chi connectivity index (χ1n) is 8.92. The number of carbonyl (C=O) groups excluding carboxylic acids is 3. The summed E-state index contributed by atoms with van der Waals surface area (Å²) in [5, 5.41) is 12.7. The topological polar surface area (TPSA) is 134 Å². The van der Waals surface area contributed by atoms with Gasteiger partial charge in [-0.05, 0) is 18.1 Å². The van der Waals surface area contributed by atoms with E-state index in [4.69, 9.17) is 21.7 Å². The van der Waals surface area contributed by atoms with E-state index in [9.17, 15) is 23.1 Å². The Kier molecular flexibility index (Phi) is 6.57. The minimum atomic E-state index is -2.18. The number of benzene rings is 1. The molecule has 0 radical (unpaired) electrons. The lowest BCUT2D eigenvalue weighted by atomic mass is 9.81. The number of ketones is 3. The number of Topliss-reactive ketones (excluding diaryl/α,β-unsaturated/α-hetero) is 3. The SMILES string of the molecule is N#CCC1CC(c2c(CS(=O)O)ccc(C(=O)C3C(=O)CCCC3=O)c2Cl)=NO1. The lowest BCUT2D eigenvalue weighted by Crippen LogP contribution is -2.35. The van der Waals surface area contributed by atoms with Crippen LogP contribution in [0, 0.1) is 17.2 Å². The summed E-state index contributed by atoms with van der Waals surface area (Å²) in [5.74, 6) is -3.18. The van der Waals surface area contributed by atoms with Gasteiger partial charge in [0, 0.05) is 30.4 Å². The summed E-state index contributed by atoms with van der Waals surface area (Å²) in [6, 6.07) is 4.79. The van der Waals surface area contributed by atoms with Gasteiger partial charge in [-0.25, -0.2) is 4.21 Å². The quantitative estimate of drug-likeness (QED) is 0.411. The molecule has 0 aromatic heterocycles. The van der Waals surface area contributed by atoms with Crippen LogP contribution in [-0.4, -0.2) is 37.9 Å². The van der Waals surface area contributed by atoms with E-state index < -0.39 is 40.5 Å². The molecule has 1 aliphatic heterocycles. The number of oxime groups is 1. The fourth-order valence-corrected chi connectivity index (χ4v) is 4.41. The molecule has 29 heavy (non-hydrogen) atoms. The molecule has 2 aliphatic rings. The second kappa shape index (κ2) is 8.95. The van der Waals surface area contributed by atoms with E-state index in [1.165, 1.54) is 12.1 Å². The van der Waals surface area contributed by atoms with Gasteiger partial charge in [0.15, 0.2) is 28.4 Å². The van der Waals surface area contributed by atoms with Crippen LogP contribution in [0.2, 0.25) is 5.02 Å². The number of rotatable bonds is 6. The lowest BCUT2D eigenvalue weighted by molar-refractivity contribution is -0.133. The number of hydrogen-bond donors (Lipinski definition) is 1. The van der Waals surface area contributed by atoms with Crippen molar-refractivity contribution in [2.75, 3.05) is 0 Å². The van der Waals surface area contributed by atoms with Gasteiger partial charge in [-0.2, -0.15) is 5.26 Å². The van der Waals surface area contributed by atoms with E-state index in [0.29, 0.717) is 17.7 Å². The molecule has 1 fully saturated rings. The molecule has 0 spiro atoms. The highest BCUT2D eigenvalue weighted by Gasteiger charge is 2.38. The molecule has 0 saturated heterocycles. The Labute approximate surface area is 174 Å². The summed E-state index contributed by atoms with van der Waals surface area (Å²) >= 11 is 4.31. The smallest absolute Gasteiger partial charge is 0.182 e. The molecule has 0 bridgehead atoms. The first-order valence-corrected chi connectivity index (χ1v) is 10.6. The third kappa shape index (κ3) is 4.45. The molecule has 1 aliphatic carbocycles. The first-order chi connectivity index (χ1) is 13.8. The Bertz CT molecular complexity index is 968. The monoisotopic (exact) mass is 436 g/mol. The van der Waals surface area contributed by atoms with Crippen molar-refractivity contribution in [1.29, 1.82) is 5.26 Å². The summed E-state index contributed by atoms with van der Waals surface area (Å²) in [4.78, 5) is 42.5. The second-order valence-electron chi connectivity index (χ2n) is 6.84. The number of hydrogen-bond acceptors (Lipinski definition) is 7. The molecule has 10 heteroatoms.